The maximum atomic E-state index is 13.4. The Balaban J connectivity index is 2.50. The van der Waals surface area contributed by atoms with Crippen molar-refractivity contribution in [1.29, 1.82) is 0 Å². The molecule has 1 aromatic heterocycles. The molecule has 1 heterocycles. The Labute approximate surface area is 135 Å². The summed E-state index contributed by atoms with van der Waals surface area (Å²) >= 11 is 14.3. The first-order chi connectivity index (χ1) is 8.93. The maximum absolute atomic E-state index is 13.4. The summed E-state index contributed by atoms with van der Waals surface area (Å²) in [5, 5.41) is 3.25. The minimum absolute atomic E-state index is 0.193. The molecule has 7 heteroatoms. The van der Waals surface area contributed by atoms with Crippen LogP contribution in [-0.2, 0) is 0 Å². The van der Waals surface area contributed by atoms with E-state index < -0.39 is 11.6 Å². The zero-order chi connectivity index (χ0) is 14.2. The third-order valence-electron chi connectivity index (χ3n) is 2.59. The van der Waals surface area contributed by atoms with E-state index >= 15 is 0 Å². The van der Waals surface area contributed by atoms with Crippen molar-refractivity contribution in [2.24, 2.45) is 0 Å². The summed E-state index contributed by atoms with van der Waals surface area (Å²) in [6.45, 7) is 0. The lowest BCUT2D eigenvalue weighted by Gasteiger charge is -2.16. The SMILES string of the molecule is CNC(c1cc(Br)c(Br)s1)c1cc(F)c(F)cc1Cl. The molecular weight excluding hydrogens is 423 g/mol. The second kappa shape index (κ2) is 6.18. The summed E-state index contributed by atoms with van der Waals surface area (Å²) in [5.41, 5.74) is 0.504. The molecule has 0 aliphatic carbocycles. The predicted molar refractivity (Wildman–Crippen MR) is 82.0 cm³/mol. The van der Waals surface area contributed by atoms with Gasteiger partial charge in [0, 0.05) is 14.4 Å². The van der Waals surface area contributed by atoms with E-state index in [1.165, 1.54) is 11.3 Å². The highest BCUT2D eigenvalue weighted by Gasteiger charge is 2.20. The van der Waals surface area contributed by atoms with Gasteiger partial charge in [0.2, 0.25) is 0 Å². The van der Waals surface area contributed by atoms with Crippen LogP contribution in [0.4, 0.5) is 8.78 Å². The monoisotopic (exact) mass is 429 g/mol. The molecule has 1 nitrogen and oxygen atoms in total. The van der Waals surface area contributed by atoms with Gasteiger partial charge in [0.15, 0.2) is 11.6 Å². The molecule has 2 rings (SSSR count). The first-order valence-corrected chi connectivity index (χ1v) is 7.98. The Kier molecular flexibility index (Phi) is 5.00. The molecule has 0 spiro atoms. The van der Waals surface area contributed by atoms with Crippen LogP contribution in [0.5, 0.6) is 0 Å². The standard InChI is InChI=1S/C12H8Br2ClF2NS/c1-18-11(10-3-6(13)12(14)19-10)5-2-8(16)9(17)4-7(5)15/h2-4,11,18H,1H3. The largest absolute Gasteiger partial charge is 0.309 e. The topological polar surface area (TPSA) is 12.0 Å². The second-order valence-corrected chi connectivity index (χ2v) is 7.44. The molecule has 0 saturated carbocycles. The number of thiophene rings is 1. The average Bonchev–Trinajstić information content (AvgIpc) is 2.67. The highest BCUT2D eigenvalue weighted by Crippen LogP contribution is 2.39. The van der Waals surface area contributed by atoms with Gasteiger partial charge in [-0.15, -0.1) is 11.3 Å². The first kappa shape index (κ1) is 15.4. The van der Waals surface area contributed by atoms with Crippen LogP contribution >= 0.6 is 54.8 Å². The van der Waals surface area contributed by atoms with Gasteiger partial charge in [-0.2, -0.15) is 0 Å². The minimum Gasteiger partial charge on any atom is -0.309 e. The van der Waals surface area contributed by atoms with Gasteiger partial charge in [-0.3, -0.25) is 0 Å². The fourth-order valence-electron chi connectivity index (χ4n) is 1.72. The van der Waals surface area contributed by atoms with Gasteiger partial charge in [-0.1, -0.05) is 11.6 Å². The number of rotatable bonds is 3. The normalized spacial score (nSPS) is 12.7. The van der Waals surface area contributed by atoms with Crippen LogP contribution < -0.4 is 5.32 Å². The van der Waals surface area contributed by atoms with Crippen molar-refractivity contribution in [3.05, 3.63) is 53.6 Å². The molecular formula is C12H8Br2ClF2NS. The summed E-state index contributed by atoms with van der Waals surface area (Å²) in [6.07, 6.45) is 0. The van der Waals surface area contributed by atoms with E-state index in [2.05, 4.69) is 37.2 Å². The zero-order valence-electron chi connectivity index (χ0n) is 9.61. The Morgan fingerprint density at radius 2 is 1.84 bits per heavy atom. The second-order valence-electron chi connectivity index (χ2n) is 3.78. The highest BCUT2D eigenvalue weighted by molar-refractivity contribution is 9.13. The fraction of sp³-hybridized carbons (Fsp3) is 0.167. The maximum Gasteiger partial charge on any atom is 0.160 e. The summed E-state index contributed by atoms with van der Waals surface area (Å²) in [4.78, 5) is 0.939. The van der Waals surface area contributed by atoms with Gasteiger partial charge in [-0.05, 0) is 62.7 Å². The van der Waals surface area contributed by atoms with Crippen LogP contribution in [0.15, 0.2) is 26.5 Å². The molecule has 102 valence electrons. The quantitative estimate of drug-likeness (QED) is 0.632. The third-order valence-corrected chi connectivity index (χ3v) is 6.24. The first-order valence-electron chi connectivity index (χ1n) is 5.20. The number of nitrogens with one attached hydrogen (secondary N) is 1. The number of benzene rings is 1. The van der Waals surface area contributed by atoms with Crippen LogP contribution in [-0.4, -0.2) is 7.05 Å². The lowest BCUT2D eigenvalue weighted by molar-refractivity contribution is 0.505. The van der Waals surface area contributed by atoms with E-state index in [1.807, 2.05) is 6.07 Å². The number of halogens is 5. The molecule has 1 atom stereocenters. The van der Waals surface area contributed by atoms with Crippen molar-refractivity contribution in [2.75, 3.05) is 7.05 Å². The molecule has 0 amide bonds. The molecule has 2 aromatic rings. The van der Waals surface area contributed by atoms with Gasteiger partial charge in [-0.25, -0.2) is 8.78 Å². The predicted octanol–water partition coefficient (Wildman–Crippen LogP) is 5.51. The average molecular weight is 432 g/mol. The van der Waals surface area contributed by atoms with Crippen molar-refractivity contribution in [3.63, 3.8) is 0 Å². The zero-order valence-corrected chi connectivity index (χ0v) is 14.4. The molecule has 1 unspecified atom stereocenters. The Morgan fingerprint density at radius 3 is 2.37 bits per heavy atom. The van der Waals surface area contributed by atoms with E-state index in [0.717, 1.165) is 25.3 Å². The van der Waals surface area contributed by atoms with E-state index in [-0.39, 0.29) is 11.1 Å². The lowest BCUT2D eigenvalue weighted by Crippen LogP contribution is -2.17. The van der Waals surface area contributed by atoms with Crippen LogP contribution in [0.2, 0.25) is 5.02 Å². The summed E-state index contributed by atoms with van der Waals surface area (Å²) in [6, 6.07) is 3.73. The van der Waals surface area contributed by atoms with Crippen molar-refractivity contribution in [1.82, 2.24) is 5.32 Å². The van der Waals surface area contributed by atoms with Crippen LogP contribution in [0.1, 0.15) is 16.5 Å². The van der Waals surface area contributed by atoms with E-state index in [4.69, 9.17) is 11.6 Å². The smallest absolute Gasteiger partial charge is 0.160 e. The molecule has 1 N–H and O–H groups in total. The van der Waals surface area contributed by atoms with Gasteiger partial charge in [0.1, 0.15) is 0 Å². The van der Waals surface area contributed by atoms with Crippen molar-refractivity contribution in [3.8, 4) is 0 Å². The highest BCUT2D eigenvalue weighted by atomic mass is 79.9. The Morgan fingerprint density at radius 1 is 1.21 bits per heavy atom. The van der Waals surface area contributed by atoms with Gasteiger partial charge in [0.05, 0.1) is 9.83 Å². The van der Waals surface area contributed by atoms with Crippen molar-refractivity contribution < 1.29 is 8.78 Å². The summed E-state index contributed by atoms with van der Waals surface area (Å²) in [5.74, 6) is -1.86. The summed E-state index contributed by atoms with van der Waals surface area (Å²) < 4.78 is 28.3. The number of hydrogen-bond acceptors (Lipinski definition) is 2. The lowest BCUT2D eigenvalue weighted by atomic mass is 10.1. The minimum atomic E-state index is -0.947. The Bertz CT molecular complexity index is 599. The van der Waals surface area contributed by atoms with Gasteiger partial charge in [0.25, 0.3) is 0 Å². The van der Waals surface area contributed by atoms with E-state index in [1.54, 1.807) is 7.05 Å². The molecule has 0 saturated heterocycles. The van der Waals surface area contributed by atoms with Crippen molar-refractivity contribution in [2.45, 2.75) is 6.04 Å². The Hall–Kier alpha value is -0.0100. The fourth-order valence-corrected chi connectivity index (χ4v) is 4.19. The third kappa shape index (κ3) is 3.19. The molecule has 0 fully saturated rings. The van der Waals surface area contributed by atoms with Crippen molar-refractivity contribution >= 4 is 54.8 Å². The van der Waals surface area contributed by atoms with Crippen LogP contribution in [0.3, 0.4) is 0 Å². The molecule has 19 heavy (non-hydrogen) atoms. The number of hydrogen-bond donors (Lipinski definition) is 1. The molecule has 0 radical (unpaired) electrons. The van der Waals surface area contributed by atoms with Crippen LogP contribution in [0.25, 0.3) is 0 Å². The molecule has 0 bridgehead atoms. The van der Waals surface area contributed by atoms with Gasteiger partial charge >= 0.3 is 0 Å². The van der Waals surface area contributed by atoms with Gasteiger partial charge < -0.3 is 5.32 Å². The molecule has 0 aliphatic heterocycles. The van der Waals surface area contributed by atoms with E-state index in [9.17, 15) is 8.78 Å². The molecule has 1 aromatic carbocycles. The van der Waals surface area contributed by atoms with Crippen LogP contribution in [0, 0.1) is 11.6 Å². The molecule has 0 aliphatic rings. The summed E-state index contributed by atoms with van der Waals surface area (Å²) in [7, 11) is 1.74. The van der Waals surface area contributed by atoms with E-state index in [0.29, 0.717) is 5.56 Å².